The summed E-state index contributed by atoms with van der Waals surface area (Å²) >= 11 is 0. The van der Waals surface area contributed by atoms with Crippen molar-refractivity contribution in [3.8, 4) is 46.2 Å². The Labute approximate surface area is 324 Å². The molecule has 55 heavy (non-hydrogen) atoms. The highest BCUT2D eigenvalue weighted by atomic mass is 16.5. The van der Waals surface area contributed by atoms with Crippen LogP contribution in [0.2, 0.25) is 0 Å². The van der Waals surface area contributed by atoms with Crippen LogP contribution in [0.15, 0.2) is 48.8 Å². The fourth-order valence-electron chi connectivity index (χ4n) is 8.42. The standard InChI is InChI=1S/C44H52N8O3/c1-30-23-32(7-6-19-50-20-17-34(18-21-50)44(45)53)12-15-38(30)42-29-52(49-47-42)27-37-9-5-10-43(55-37)40-25-35(40)14-11-33-13-16-39(31(2)24-33)41-28-51(48-46-41)26-36-8-3-4-22-54-36/h12-13,15-16,23-24,28-29,34-37,40,43H,3-5,8-10,17-22,25-27H2,1-2H3,(H2,45,53)/t35?,36-,37-,40?,43?/m1/s1. The summed E-state index contributed by atoms with van der Waals surface area (Å²) in [5.41, 5.74) is 13.7. The number of nitrogens with two attached hydrogens (primary N) is 1. The van der Waals surface area contributed by atoms with Crippen LogP contribution in [0.5, 0.6) is 0 Å². The summed E-state index contributed by atoms with van der Waals surface area (Å²) in [5.74, 6) is 14.3. The van der Waals surface area contributed by atoms with E-state index in [-0.39, 0.29) is 30.1 Å². The molecule has 2 aromatic carbocycles. The molecule has 286 valence electrons. The highest BCUT2D eigenvalue weighted by Gasteiger charge is 2.44. The number of primary amides is 1. The maximum atomic E-state index is 11.4. The van der Waals surface area contributed by atoms with E-state index in [0.717, 1.165) is 122 Å². The van der Waals surface area contributed by atoms with Crippen molar-refractivity contribution in [1.29, 1.82) is 0 Å². The van der Waals surface area contributed by atoms with E-state index < -0.39 is 0 Å². The van der Waals surface area contributed by atoms with Crippen LogP contribution in [0.4, 0.5) is 0 Å². The molecule has 1 amide bonds. The Morgan fingerprint density at radius 2 is 1.47 bits per heavy atom. The number of likely N-dealkylation sites (tertiary alicyclic amines) is 1. The highest BCUT2D eigenvalue weighted by Crippen LogP contribution is 2.45. The predicted molar refractivity (Wildman–Crippen MR) is 210 cm³/mol. The lowest BCUT2D eigenvalue weighted by molar-refractivity contribution is -0.123. The van der Waals surface area contributed by atoms with Gasteiger partial charge in [0.2, 0.25) is 5.91 Å². The van der Waals surface area contributed by atoms with E-state index in [4.69, 9.17) is 15.2 Å². The first kappa shape index (κ1) is 37.1. The zero-order valence-electron chi connectivity index (χ0n) is 32.1. The van der Waals surface area contributed by atoms with Gasteiger partial charge in [0.1, 0.15) is 11.4 Å². The molecule has 11 nitrogen and oxygen atoms in total. The van der Waals surface area contributed by atoms with Crippen molar-refractivity contribution in [1.82, 2.24) is 34.9 Å². The largest absolute Gasteiger partial charge is 0.376 e. The third-order valence-electron chi connectivity index (χ3n) is 11.8. The Morgan fingerprint density at radius 3 is 2.11 bits per heavy atom. The number of amides is 1. The van der Waals surface area contributed by atoms with Crippen LogP contribution in [0, 0.1) is 55.3 Å². The predicted octanol–water partition coefficient (Wildman–Crippen LogP) is 5.56. The van der Waals surface area contributed by atoms with Crippen molar-refractivity contribution in [2.24, 2.45) is 23.5 Å². The van der Waals surface area contributed by atoms with E-state index in [2.05, 4.69) is 99.5 Å². The van der Waals surface area contributed by atoms with Gasteiger partial charge < -0.3 is 15.2 Å². The average Bonchev–Trinajstić information content (AvgIpc) is 3.58. The van der Waals surface area contributed by atoms with Crippen molar-refractivity contribution in [3.05, 3.63) is 71.0 Å². The van der Waals surface area contributed by atoms with Gasteiger partial charge in [0.05, 0.1) is 50.3 Å². The number of carbonyl (C=O) groups is 1. The van der Waals surface area contributed by atoms with Crippen molar-refractivity contribution in [3.63, 3.8) is 0 Å². The van der Waals surface area contributed by atoms with Crippen molar-refractivity contribution in [2.45, 2.75) is 103 Å². The molecule has 3 saturated heterocycles. The summed E-state index contributed by atoms with van der Waals surface area (Å²) in [7, 11) is 0. The molecule has 1 aliphatic carbocycles. The first-order valence-corrected chi connectivity index (χ1v) is 20.2. The van der Waals surface area contributed by atoms with Crippen molar-refractivity contribution in [2.75, 3.05) is 26.2 Å². The summed E-state index contributed by atoms with van der Waals surface area (Å²) in [5, 5.41) is 17.8. The molecule has 2 N–H and O–H groups in total. The van der Waals surface area contributed by atoms with E-state index in [1.807, 2.05) is 21.8 Å². The summed E-state index contributed by atoms with van der Waals surface area (Å²) in [6.45, 7) is 8.91. The van der Waals surface area contributed by atoms with Gasteiger partial charge >= 0.3 is 0 Å². The molecule has 3 aliphatic heterocycles. The van der Waals surface area contributed by atoms with Gasteiger partial charge in [-0.05, 0) is 120 Å². The lowest BCUT2D eigenvalue weighted by Crippen LogP contribution is -2.38. The van der Waals surface area contributed by atoms with E-state index >= 15 is 0 Å². The van der Waals surface area contributed by atoms with E-state index in [9.17, 15) is 4.79 Å². The van der Waals surface area contributed by atoms with Crippen LogP contribution in [-0.2, 0) is 27.4 Å². The number of hydrogen-bond donors (Lipinski definition) is 1. The van der Waals surface area contributed by atoms with Crippen LogP contribution >= 0.6 is 0 Å². The fourth-order valence-corrected chi connectivity index (χ4v) is 8.42. The van der Waals surface area contributed by atoms with Gasteiger partial charge in [-0.2, -0.15) is 0 Å². The second kappa shape index (κ2) is 16.9. The van der Waals surface area contributed by atoms with Gasteiger partial charge in [0.25, 0.3) is 0 Å². The van der Waals surface area contributed by atoms with Gasteiger partial charge in [-0.1, -0.05) is 46.2 Å². The summed E-state index contributed by atoms with van der Waals surface area (Å²) < 4.78 is 16.4. The van der Waals surface area contributed by atoms with E-state index in [0.29, 0.717) is 24.9 Å². The monoisotopic (exact) mass is 740 g/mol. The zero-order valence-corrected chi connectivity index (χ0v) is 32.1. The summed E-state index contributed by atoms with van der Waals surface area (Å²) in [6.07, 6.45) is 14.1. The van der Waals surface area contributed by atoms with Crippen molar-refractivity contribution >= 4 is 5.91 Å². The van der Waals surface area contributed by atoms with Crippen LogP contribution in [0.25, 0.3) is 22.5 Å². The molecule has 5 heterocycles. The molecule has 2 aromatic heterocycles. The van der Waals surface area contributed by atoms with Crippen LogP contribution in [-0.4, -0.2) is 85.3 Å². The number of hydrogen-bond acceptors (Lipinski definition) is 8. The number of nitrogens with zero attached hydrogens (tertiary/aromatic N) is 7. The highest BCUT2D eigenvalue weighted by molar-refractivity contribution is 5.76. The number of aromatic nitrogens is 6. The molecule has 4 fully saturated rings. The molecule has 8 rings (SSSR count). The van der Waals surface area contributed by atoms with Crippen LogP contribution in [0.1, 0.15) is 80.0 Å². The number of aryl methyl sites for hydroxylation is 2. The second-order valence-electron chi connectivity index (χ2n) is 16.0. The van der Waals surface area contributed by atoms with Crippen LogP contribution in [0.3, 0.4) is 0 Å². The third-order valence-corrected chi connectivity index (χ3v) is 11.8. The quantitative estimate of drug-likeness (QED) is 0.221. The maximum absolute atomic E-state index is 11.4. The van der Waals surface area contributed by atoms with Gasteiger partial charge in [0.15, 0.2) is 0 Å². The molecule has 0 radical (unpaired) electrons. The van der Waals surface area contributed by atoms with Gasteiger partial charge in [0, 0.05) is 46.6 Å². The topological polar surface area (TPSA) is 126 Å². The number of carbonyl (C=O) groups excluding carboxylic acids is 1. The molecule has 4 aromatic rings. The van der Waals surface area contributed by atoms with Crippen molar-refractivity contribution < 1.29 is 14.3 Å². The maximum Gasteiger partial charge on any atom is 0.220 e. The molecular weight excluding hydrogens is 689 g/mol. The Morgan fingerprint density at radius 1 is 0.818 bits per heavy atom. The zero-order chi connectivity index (χ0) is 37.7. The minimum Gasteiger partial charge on any atom is -0.376 e. The summed E-state index contributed by atoms with van der Waals surface area (Å²) in [6, 6.07) is 12.6. The smallest absolute Gasteiger partial charge is 0.220 e. The molecule has 1 saturated carbocycles. The second-order valence-corrected chi connectivity index (χ2v) is 16.0. The third kappa shape index (κ3) is 9.36. The molecule has 0 bridgehead atoms. The SMILES string of the molecule is Cc1cc(C#CC2CC2C2CCC[C@H](Cn3cc(-c4ccc(C#CCN5CCC(C(N)=O)CC5)cc4C)nn3)O2)ccc1-c1cn(C[C@H]2CCCCO2)nn1. The minimum absolute atomic E-state index is 0.000784. The van der Waals surface area contributed by atoms with Gasteiger partial charge in [-0.15, -0.1) is 10.2 Å². The lowest BCUT2D eigenvalue weighted by Gasteiger charge is -2.30. The average molecular weight is 741 g/mol. The van der Waals surface area contributed by atoms with Crippen LogP contribution < -0.4 is 5.73 Å². The molecule has 3 unspecified atom stereocenters. The Balaban J connectivity index is 0.808. The minimum atomic E-state index is -0.185. The first-order valence-electron chi connectivity index (χ1n) is 20.2. The van der Waals surface area contributed by atoms with E-state index in [1.165, 1.54) is 6.42 Å². The Kier molecular flexibility index (Phi) is 11.4. The molecule has 4 aliphatic rings. The summed E-state index contributed by atoms with van der Waals surface area (Å²) in [4.78, 5) is 13.7. The normalized spacial score (nSPS) is 24.4. The Bertz CT molecular complexity index is 2100. The molecule has 11 heteroatoms. The van der Waals surface area contributed by atoms with Gasteiger partial charge in [-0.3, -0.25) is 9.69 Å². The number of piperidine rings is 1. The molecule has 0 spiro atoms. The fraction of sp³-hybridized carbons (Fsp3) is 0.523. The number of benzene rings is 2. The number of rotatable bonds is 9. The molecular formula is C44H52N8O3. The van der Waals surface area contributed by atoms with E-state index in [1.54, 1.807) is 0 Å². The van der Waals surface area contributed by atoms with Gasteiger partial charge in [-0.25, -0.2) is 9.36 Å². The molecule has 5 atom stereocenters. The Hall–Kier alpha value is -4.81. The first-order chi connectivity index (χ1) is 26.8. The lowest BCUT2D eigenvalue weighted by atomic mass is 9.96. The number of ether oxygens (including phenoxy) is 2.